The summed E-state index contributed by atoms with van der Waals surface area (Å²) in [4.78, 5) is 37.4. The number of nitrogen functional groups attached to an aromatic ring is 1. The number of hydrogen-bond donors (Lipinski definition) is 4. The molecule has 0 fully saturated rings. The lowest BCUT2D eigenvalue weighted by Gasteiger charge is -2.11. The lowest BCUT2D eigenvalue weighted by Crippen LogP contribution is -2.30. The van der Waals surface area contributed by atoms with E-state index < -0.39 is 5.91 Å². The van der Waals surface area contributed by atoms with Crippen molar-refractivity contribution in [1.29, 1.82) is 0 Å². The van der Waals surface area contributed by atoms with Gasteiger partial charge in [0.25, 0.3) is 5.91 Å². The number of carbonyl (C=O) groups is 2. The molecule has 33 heavy (non-hydrogen) atoms. The van der Waals surface area contributed by atoms with Gasteiger partial charge in [0.15, 0.2) is 0 Å². The molecule has 0 atom stereocenters. The van der Waals surface area contributed by atoms with Gasteiger partial charge in [0.1, 0.15) is 10.8 Å². The zero-order valence-corrected chi connectivity index (χ0v) is 18.5. The molecule has 0 saturated heterocycles. The molecule has 0 aliphatic carbocycles. The van der Waals surface area contributed by atoms with E-state index in [1.54, 1.807) is 24.5 Å². The molecule has 4 aromatic rings. The third-order valence-corrected chi connectivity index (χ3v) is 5.61. The first-order valence-electron chi connectivity index (χ1n) is 10.1. The number of thiazole rings is 1. The van der Waals surface area contributed by atoms with Gasteiger partial charge in [-0.15, -0.1) is 11.3 Å². The van der Waals surface area contributed by atoms with E-state index in [1.807, 2.05) is 42.6 Å². The number of carbonyl (C=O) groups excluding carboxylic acids is 2. The Hall–Kier alpha value is -4.15. The second-order valence-corrected chi connectivity index (χ2v) is 7.80. The fraction of sp³-hybridized carbons (Fsp3) is 0.0870. The minimum absolute atomic E-state index is 0.314. The van der Waals surface area contributed by atoms with Crippen LogP contribution in [0.5, 0.6) is 0 Å². The Morgan fingerprint density at radius 1 is 1.03 bits per heavy atom. The molecule has 3 amide bonds. The zero-order chi connectivity index (χ0) is 23.2. The molecule has 10 heteroatoms. The molecule has 0 aliphatic rings. The quantitative estimate of drug-likeness (QED) is 0.197. The van der Waals surface area contributed by atoms with E-state index in [-0.39, 0.29) is 6.03 Å². The van der Waals surface area contributed by atoms with Crippen molar-refractivity contribution >= 4 is 29.1 Å². The molecule has 1 aromatic carbocycles. The average molecular weight is 460 g/mol. The molecule has 0 radical (unpaired) electrons. The summed E-state index contributed by atoms with van der Waals surface area (Å²) >= 11 is 1.47. The predicted molar refractivity (Wildman–Crippen MR) is 128 cm³/mol. The molecule has 5 N–H and O–H groups in total. The van der Waals surface area contributed by atoms with Crippen molar-refractivity contribution < 1.29 is 9.59 Å². The maximum atomic E-state index is 12.0. The van der Waals surface area contributed by atoms with Crippen LogP contribution in [-0.4, -0.2) is 33.4 Å². The summed E-state index contributed by atoms with van der Waals surface area (Å²) in [6.07, 6.45) is 4.69. The van der Waals surface area contributed by atoms with E-state index in [0.717, 1.165) is 21.8 Å². The highest BCUT2D eigenvalue weighted by atomic mass is 32.1. The monoisotopic (exact) mass is 459 g/mol. The van der Waals surface area contributed by atoms with Crippen molar-refractivity contribution in [2.75, 3.05) is 11.9 Å². The number of hydrazine groups is 1. The van der Waals surface area contributed by atoms with Crippen LogP contribution >= 0.6 is 11.3 Å². The van der Waals surface area contributed by atoms with Crippen LogP contribution in [0.3, 0.4) is 0 Å². The van der Waals surface area contributed by atoms with E-state index in [2.05, 4.69) is 26.0 Å². The number of hydrogen-bond acceptors (Lipinski definition) is 7. The Morgan fingerprint density at radius 3 is 2.61 bits per heavy atom. The highest BCUT2D eigenvalue weighted by molar-refractivity contribution is 7.13. The molecule has 0 bridgehead atoms. The number of nitrogens with two attached hydrogens (primary N) is 1. The Morgan fingerprint density at radius 2 is 1.85 bits per heavy atom. The van der Waals surface area contributed by atoms with Gasteiger partial charge in [-0.25, -0.2) is 20.6 Å². The van der Waals surface area contributed by atoms with Gasteiger partial charge in [0.2, 0.25) is 0 Å². The van der Waals surface area contributed by atoms with Gasteiger partial charge in [-0.1, -0.05) is 30.3 Å². The second kappa shape index (κ2) is 9.98. The number of aromatic nitrogens is 3. The first kappa shape index (κ1) is 22.1. The maximum Gasteiger partial charge on any atom is 0.320 e. The summed E-state index contributed by atoms with van der Waals surface area (Å²) in [6, 6.07) is 12.9. The normalized spacial score (nSPS) is 10.5. The first-order chi connectivity index (χ1) is 16.1. The Labute approximate surface area is 194 Å². The first-order valence-corrected chi connectivity index (χ1v) is 11.0. The minimum atomic E-state index is -0.450. The summed E-state index contributed by atoms with van der Waals surface area (Å²) in [6.45, 7) is 2.32. The molecular weight excluding hydrogens is 438 g/mol. The summed E-state index contributed by atoms with van der Waals surface area (Å²) < 4.78 is 0. The lowest BCUT2D eigenvalue weighted by atomic mass is 10.0. The van der Waals surface area contributed by atoms with Gasteiger partial charge in [-0.05, 0) is 19.1 Å². The third-order valence-electron chi connectivity index (χ3n) is 4.73. The fourth-order valence-electron chi connectivity index (χ4n) is 3.19. The van der Waals surface area contributed by atoms with Gasteiger partial charge in [0, 0.05) is 52.8 Å². The van der Waals surface area contributed by atoms with Crippen molar-refractivity contribution in [2.45, 2.75) is 6.92 Å². The molecule has 166 valence electrons. The van der Waals surface area contributed by atoms with Crippen molar-refractivity contribution in [3.8, 4) is 33.0 Å². The molecule has 3 aromatic heterocycles. The summed E-state index contributed by atoms with van der Waals surface area (Å²) in [5, 5.41) is 8.12. The van der Waals surface area contributed by atoms with Crippen molar-refractivity contribution in [1.82, 2.24) is 25.7 Å². The van der Waals surface area contributed by atoms with Crippen LogP contribution in [0, 0.1) is 0 Å². The molecule has 0 saturated carbocycles. The molecule has 9 nitrogen and oxygen atoms in total. The van der Waals surface area contributed by atoms with Crippen molar-refractivity contribution in [3.05, 3.63) is 72.0 Å². The number of urea groups is 1. The molecule has 0 unspecified atom stereocenters. The van der Waals surface area contributed by atoms with Crippen LogP contribution in [0.25, 0.3) is 33.0 Å². The number of nitrogens with zero attached hydrogens (tertiary/aromatic N) is 3. The van der Waals surface area contributed by atoms with Gasteiger partial charge in [0.05, 0.1) is 11.3 Å². The van der Waals surface area contributed by atoms with Crippen LogP contribution < -0.4 is 21.9 Å². The standard InChI is InChI=1S/C23H21N7O2S/c1-2-26-23(32)29-20-9-17(22-28-19(13-33-22)14-6-4-3-5-7-14)18(12-27-20)15-8-16(11-25-10-15)21(31)30-24/h3-13H,2,24H2,1H3,(H,30,31)(H2,26,27,29,32). The number of rotatable bonds is 6. The second-order valence-electron chi connectivity index (χ2n) is 6.94. The van der Waals surface area contributed by atoms with Gasteiger partial charge in [-0.2, -0.15) is 0 Å². The Balaban J connectivity index is 1.80. The van der Waals surface area contributed by atoms with Crippen molar-refractivity contribution in [2.24, 2.45) is 5.84 Å². The zero-order valence-electron chi connectivity index (χ0n) is 17.7. The topological polar surface area (TPSA) is 135 Å². The highest BCUT2D eigenvalue weighted by Gasteiger charge is 2.16. The number of amides is 3. The third kappa shape index (κ3) is 5.03. The number of pyridine rings is 2. The number of anilines is 1. The van der Waals surface area contributed by atoms with E-state index in [9.17, 15) is 9.59 Å². The van der Waals surface area contributed by atoms with Gasteiger partial charge in [-0.3, -0.25) is 20.5 Å². The van der Waals surface area contributed by atoms with Gasteiger partial charge < -0.3 is 5.32 Å². The van der Waals surface area contributed by atoms with Crippen LogP contribution in [0.1, 0.15) is 17.3 Å². The minimum Gasteiger partial charge on any atom is -0.338 e. The average Bonchev–Trinajstić information content (AvgIpc) is 3.34. The summed E-state index contributed by atoms with van der Waals surface area (Å²) in [5.74, 6) is 5.19. The SMILES string of the molecule is CCNC(=O)Nc1cc(-c2nc(-c3ccccc3)cs2)c(-c2cncc(C(=O)NN)c2)cn1. The highest BCUT2D eigenvalue weighted by Crippen LogP contribution is 2.36. The van der Waals surface area contributed by atoms with E-state index in [1.165, 1.54) is 17.5 Å². The van der Waals surface area contributed by atoms with Crippen molar-refractivity contribution in [3.63, 3.8) is 0 Å². The molecule has 4 rings (SSSR count). The Bertz CT molecular complexity index is 1290. The lowest BCUT2D eigenvalue weighted by molar-refractivity contribution is 0.0953. The Kier molecular flexibility index (Phi) is 6.67. The fourth-order valence-corrected chi connectivity index (χ4v) is 4.04. The maximum absolute atomic E-state index is 12.0. The largest absolute Gasteiger partial charge is 0.338 e. The smallest absolute Gasteiger partial charge is 0.320 e. The molecular formula is C23H21N7O2S. The summed E-state index contributed by atoms with van der Waals surface area (Å²) in [7, 11) is 0. The van der Waals surface area contributed by atoms with E-state index >= 15 is 0 Å². The molecule has 3 heterocycles. The van der Waals surface area contributed by atoms with Crippen LogP contribution in [0.15, 0.2) is 66.4 Å². The summed E-state index contributed by atoms with van der Waals surface area (Å²) in [5.41, 5.74) is 6.39. The van der Waals surface area contributed by atoms with Crippen LogP contribution in [0.4, 0.5) is 10.6 Å². The van der Waals surface area contributed by atoms with Crippen LogP contribution in [0.2, 0.25) is 0 Å². The molecule has 0 spiro atoms. The molecule has 0 aliphatic heterocycles. The predicted octanol–water partition coefficient (Wildman–Crippen LogP) is 3.68. The van der Waals surface area contributed by atoms with Crippen LogP contribution in [-0.2, 0) is 0 Å². The number of benzene rings is 1. The van der Waals surface area contributed by atoms with Gasteiger partial charge >= 0.3 is 6.03 Å². The number of nitrogens with one attached hydrogen (secondary N) is 3. The van der Waals surface area contributed by atoms with E-state index in [4.69, 9.17) is 10.8 Å². The van der Waals surface area contributed by atoms with E-state index in [0.29, 0.717) is 29.1 Å².